The predicted octanol–water partition coefficient (Wildman–Crippen LogP) is 1.43. The van der Waals surface area contributed by atoms with Gasteiger partial charge in [-0.25, -0.2) is 0 Å². The van der Waals surface area contributed by atoms with Crippen molar-refractivity contribution >= 4 is 5.91 Å². The van der Waals surface area contributed by atoms with Crippen molar-refractivity contribution in [2.24, 2.45) is 5.92 Å². The number of hydrogen-bond acceptors (Lipinski definition) is 6. The van der Waals surface area contributed by atoms with Crippen LogP contribution < -0.4 is 4.74 Å². The second-order valence-corrected chi connectivity index (χ2v) is 5.66. The number of aromatic hydroxyl groups is 1. The van der Waals surface area contributed by atoms with Gasteiger partial charge in [0.2, 0.25) is 5.88 Å². The molecule has 23 heavy (non-hydrogen) atoms. The molecule has 3 heterocycles. The average Bonchev–Trinajstić information content (AvgIpc) is 3.02. The lowest BCUT2D eigenvalue weighted by molar-refractivity contribution is 0.0782. The Morgan fingerprint density at radius 2 is 2.26 bits per heavy atom. The molecule has 0 radical (unpaired) electrons. The quantitative estimate of drug-likeness (QED) is 0.918. The summed E-state index contributed by atoms with van der Waals surface area (Å²) in [7, 11) is 0. The first-order valence-corrected chi connectivity index (χ1v) is 7.48. The second kappa shape index (κ2) is 6.60. The minimum absolute atomic E-state index is 0.00660. The number of carbonyl (C=O) groups excluding carboxylic acids is 1. The van der Waals surface area contributed by atoms with E-state index in [-0.39, 0.29) is 17.6 Å². The van der Waals surface area contributed by atoms with Crippen LogP contribution in [0.3, 0.4) is 0 Å². The summed E-state index contributed by atoms with van der Waals surface area (Å²) in [5.74, 6) is 0.629. The van der Waals surface area contributed by atoms with E-state index in [1.807, 2.05) is 13.0 Å². The van der Waals surface area contributed by atoms with Gasteiger partial charge in [-0.1, -0.05) is 0 Å². The number of rotatable bonds is 4. The van der Waals surface area contributed by atoms with Crippen LogP contribution in [0.15, 0.2) is 30.6 Å². The molecule has 1 aliphatic rings. The Kier molecular flexibility index (Phi) is 4.36. The Hall–Kier alpha value is -2.70. The van der Waals surface area contributed by atoms with E-state index in [0.29, 0.717) is 31.1 Å². The molecule has 0 saturated carbocycles. The monoisotopic (exact) mass is 314 g/mol. The zero-order valence-electron chi connectivity index (χ0n) is 12.8. The smallest absolute Gasteiger partial charge is 0.255 e. The van der Waals surface area contributed by atoms with Crippen LogP contribution in [0.25, 0.3) is 0 Å². The molecule has 1 unspecified atom stereocenters. The minimum atomic E-state index is -0.119. The fraction of sp³-hybridized carbons (Fsp3) is 0.375. The number of carbonyl (C=O) groups is 1. The van der Waals surface area contributed by atoms with E-state index in [4.69, 9.17) is 4.74 Å². The largest absolute Gasteiger partial charge is 0.506 e. The van der Waals surface area contributed by atoms with Gasteiger partial charge in [0.15, 0.2) is 0 Å². The predicted molar refractivity (Wildman–Crippen MR) is 82.2 cm³/mol. The Bertz CT molecular complexity index is 690. The summed E-state index contributed by atoms with van der Waals surface area (Å²) in [6.45, 7) is 3.66. The summed E-state index contributed by atoms with van der Waals surface area (Å²) in [5.41, 5.74) is 1.24. The first-order chi connectivity index (χ1) is 11.1. The Balaban J connectivity index is 1.54. The molecule has 2 aromatic heterocycles. The number of amides is 1. The number of nitrogens with zero attached hydrogens (tertiary/aromatic N) is 4. The molecule has 1 N–H and O–H groups in total. The summed E-state index contributed by atoms with van der Waals surface area (Å²) >= 11 is 0. The third-order valence-corrected chi connectivity index (χ3v) is 3.78. The van der Waals surface area contributed by atoms with Crippen molar-refractivity contribution in [3.63, 3.8) is 0 Å². The molecule has 3 rings (SSSR count). The molecule has 0 aromatic carbocycles. The molecular formula is C16H18N4O3. The van der Waals surface area contributed by atoms with E-state index in [2.05, 4.69) is 15.2 Å². The van der Waals surface area contributed by atoms with Gasteiger partial charge in [0.05, 0.1) is 24.1 Å². The number of pyridine rings is 1. The zero-order valence-corrected chi connectivity index (χ0v) is 12.8. The number of aryl methyl sites for hydroxylation is 1. The Labute approximate surface area is 133 Å². The average molecular weight is 314 g/mol. The van der Waals surface area contributed by atoms with Gasteiger partial charge < -0.3 is 14.7 Å². The molecule has 0 spiro atoms. The van der Waals surface area contributed by atoms with E-state index in [1.54, 1.807) is 11.0 Å². The normalized spacial score (nSPS) is 17.3. The fourth-order valence-electron chi connectivity index (χ4n) is 2.55. The van der Waals surface area contributed by atoms with Crippen LogP contribution in [0, 0.1) is 12.8 Å². The summed E-state index contributed by atoms with van der Waals surface area (Å²) in [6, 6.07) is 5.07. The van der Waals surface area contributed by atoms with Crippen LogP contribution in [-0.2, 0) is 0 Å². The van der Waals surface area contributed by atoms with Gasteiger partial charge in [0.1, 0.15) is 5.75 Å². The summed E-state index contributed by atoms with van der Waals surface area (Å²) in [6.07, 6.45) is 3.64. The maximum Gasteiger partial charge on any atom is 0.255 e. The molecule has 7 heteroatoms. The lowest BCUT2D eigenvalue weighted by Crippen LogP contribution is -2.29. The van der Waals surface area contributed by atoms with Gasteiger partial charge in [0, 0.05) is 31.3 Å². The van der Waals surface area contributed by atoms with Crippen LogP contribution in [0.4, 0.5) is 0 Å². The van der Waals surface area contributed by atoms with Crippen molar-refractivity contribution < 1.29 is 14.6 Å². The van der Waals surface area contributed by atoms with Gasteiger partial charge >= 0.3 is 0 Å². The van der Waals surface area contributed by atoms with Gasteiger partial charge in [-0.3, -0.25) is 9.78 Å². The van der Waals surface area contributed by atoms with Gasteiger partial charge in [-0.2, -0.15) is 5.10 Å². The maximum atomic E-state index is 12.4. The molecule has 7 nitrogen and oxygen atoms in total. The molecular weight excluding hydrogens is 296 g/mol. The highest BCUT2D eigenvalue weighted by Crippen LogP contribution is 2.20. The first kappa shape index (κ1) is 15.2. The van der Waals surface area contributed by atoms with E-state index < -0.39 is 0 Å². The van der Waals surface area contributed by atoms with Crippen molar-refractivity contribution in [3.05, 3.63) is 41.9 Å². The van der Waals surface area contributed by atoms with Crippen molar-refractivity contribution in [2.75, 3.05) is 19.7 Å². The van der Waals surface area contributed by atoms with E-state index in [0.717, 1.165) is 12.1 Å². The molecule has 2 aromatic rings. The molecule has 0 bridgehead atoms. The highest BCUT2D eigenvalue weighted by Gasteiger charge is 2.27. The Morgan fingerprint density at radius 1 is 1.39 bits per heavy atom. The lowest BCUT2D eigenvalue weighted by atomic mass is 10.1. The maximum absolute atomic E-state index is 12.4. The van der Waals surface area contributed by atoms with Crippen LogP contribution in [0.1, 0.15) is 22.5 Å². The van der Waals surface area contributed by atoms with Gasteiger partial charge in [0.25, 0.3) is 5.91 Å². The second-order valence-electron chi connectivity index (χ2n) is 5.66. The molecule has 120 valence electrons. The molecule has 0 aliphatic carbocycles. The van der Waals surface area contributed by atoms with E-state index in [1.165, 1.54) is 18.5 Å². The highest BCUT2D eigenvalue weighted by molar-refractivity contribution is 5.94. The van der Waals surface area contributed by atoms with Gasteiger partial charge in [-0.05, 0) is 25.5 Å². The third kappa shape index (κ3) is 3.74. The van der Waals surface area contributed by atoms with Crippen molar-refractivity contribution in [3.8, 4) is 11.6 Å². The zero-order chi connectivity index (χ0) is 16.2. The molecule has 1 amide bonds. The van der Waals surface area contributed by atoms with Crippen LogP contribution in [0.2, 0.25) is 0 Å². The molecule has 1 aliphatic heterocycles. The molecule has 1 fully saturated rings. The third-order valence-electron chi connectivity index (χ3n) is 3.78. The first-order valence-electron chi connectivity index (χ1n) is 7.48. The standard InChI is InChI=1S/C16H18N4O3/c1-11-2-3-15(19-18-11)23-10-12-4-5-20(9-12)16(22)13-6-14(21)8-17-7-13/h2-3,6-8,12,21H,4-5,9-10H2,1H3. The van der Waals surface area contributed by atoms with Crippen LogP contribution in [-0.4, -0.2) is 50.8 Å². The number of ether oxygens (including phenoxy) is 1. The van der Waals surface area contributed by atoms with Crippen molar-refractivity contribution in [1.82, 2.24) is 20.1 Å². The SMILES string of the molecule is Cc1ccc(OCC2CCN(C(=O)c3cncc(O)c3)C2)nn1. The minimum Gasteiger partial charge on any atom is -0.506 e. The van der Waals surface area contributed by atoms with Crippen molar-refractivity contribution in [2.45, 2.75) is 13.3 Å². The molecule has 1 atom stereocenters. The summed E-state index contributed by atoms with van der Waals surface area (Å²) in [5, 5.41) is 17.3. The number of aromatic nitrogens is 3. The fourth-order valence-corrected chi connectivity index (χ4v) is 2.55. The molecule has 1 saturated heterocycles. The Morgan fingerprint density at radius 3 is 3.00 bits per heavy atom. The topological polar surface area (TPSA) is 88.4 Å². The van der Waals surface area contributed by atoms with Gasteiger partial charge in [-0.15, -0.1) is 5.10 Å². The number of hydrogen-bond donors (Lipinski definition) is 1. The van der Waals surface area contributed by atoms with Crippen LogP contribution in [0.5, 0.6) is 11.6 Å². The van der Waals surface area contributed by atoms with Crippen molar-refractivity contribution in [1.29, 1.82) is 0 Å². The highest BCUT2D eigenvalue weighted by atomic mass is 16.5. The summed E-state index contributed by atoms with van der Waals surface area (Å²) < 4.78 is 5.63. The van der Waals surface area contributed by atoms with Crippen LogP contribution >= 0.6 is 0 Å². The van der Waals surface area contributed by atoms with E-state index in [9.17, 15) is 9.90 Å². The van der Waals surface area contributed by atoms with E-state index >= 15 is 0 Å². The number of likely N-dealkylation sites (tertiary alicyclic amines) is 1. The lowest BCUT2D eigenvalue weighted by Gasteiger charge is -2.16. The summed E-state index contributed by atoms with van der Waals surface area (Å²) in [4.78, 5) is 18.0.